The molecule has 0 saturated carbocycles. The first kappa shape index (κ1) is 10.5. The first-order chi connectivity index (χ1) is 7.34. The van der Waals surface area contributed by atoms with Gasteiger partial charge in [0.05, 0.1) is 0 Å². The average Bonchev–Trinajstić information content (AvgIpc) is 2.66. The summed E-state index contributed by atoms with van der Waals surface area (Å²) in [6.45, 7) is 4.43. The Kier molecular flexibility index (Phi) is 3.64. The Labute approximate surface area is 90.7 Å². The van der Waals surface area contributed by atoms with Crippen LogP contribution in [0.4, 0.5) is 0 Å². The fraction of sp³-hybridized carbons (Fsp3) is 0.636. The van der Waals surface area contributed by atoms with Crippen LogP contribution >= 0.6 is 0 Å². The first-order valence-electron chi connectivity index (χ1n) is 5.48. The van der Waals surface area contributed by atoms with Gasteiger partial charge in [0.25, 0.3) is 0 Å². The summed E-state index contributed by atoms with van der Waals surface area (Å²) in [6.07, 6.45) is 6.60. The maximum atomic E-state index is 3.99. The monoisotopic (exact) mass is 206 g/mol. The lowest BCUT2D eigenvalue weighted by Gasteiger charge is -2.11. The number of rotatable bonds is 4. The summed E-state index contributed by atoms with van der Waals surface area (Å²) >= 11 is 0. The summed E-state index contributed by atoms with van der Waals surface area (Å²) in [5, 5.41) is 3.46. The van der Waals surface area contributed by atoms with Gasteiger partial charge in [-0.1, -0.05) is 0 Å². The second-order valence-corrected chi connectivity index (χ2v) is 4.29. The Morgan fingerprint density at radius 2 is 2.27 bits per heavy atom. The van der Waals surface area contributed by atoms with Gasteiger partial charge in [-0.2, -0.15) is 0 Å². The van der Waals surface area contributed by atoms with Gasteiger partial charge in [0.15, 0.2) is 0 Å². The number of nitrogens with zero attached hydrogens (tertiary/aromatic N) is 3. The Balaban J connectivity index is 1.67. The van der Waals surface area contributed by atoms with Crippen molar-refractivity contribution in [3.63, 3.8) is 0 Å². The van der Waals surface area contributed by atoms with E-state index in [0.717, 1.165) is 24.6 Å². The van der Waals surface area contributed by atoms with E-state index in [-0.39, 0.29) is 0 Å². The third-order valence-corrected chi connectivity index (χ3v) is 2.87. The molecule has 4 heteroatoms. The molecule has 82 valence electrons. The minimum atomic E-state index is 0.805. The van der Waals surface area contributed by atoms with Crippen LogP contribution in [-0.2, 0) is 6.54 Å². The zero-order valence-corrected chi connectivity index (χ0v) is 9.19. The van der Waals surface area contributed by atoms with E-state index in [0.29, 0.717) is 0 Å². The molecule has 0 amide bonds. The molecule has 1 fully saturated rings. The second-order valence-electron chi connectivity index (χ2n) is 4.29. The van der Waals surface area contributed by atoms with Gasteiger partial charge < -0.3 is 10.2 Å². The molecule has 2 rings (SSSR count). The van der Waals surface area contributed by atoms with Crippen LogP contribution in [-0.4, -0.2) is 41.5 Å². The van der Waals surface area contributed by atoms with Crippen molar-refractivity contribution in [2.45, 2.75) is 13.0 Å². The second kappa shape index (κ2) is 5.19. The van der Waals surface area contributed by atoms with Crippen LogP contribution in [0.1, 0.15) is 12.0 Å². The van der Waals surface area contributed by atoms with Crippen molar-refractivity contribution in [1.29, 1.82) is 0 Å². The largest absolute Gasteiger partial charge is 0.312 e. The quantitative estimate of drug-likeness (QED) is 0.779. The van der Waals surface area contributed by atoms with Crippen molar-refractivity contribution < 1.29 is 0 Å². The number of hydrogen-bond acceptors (Lipinski definition) is 4. The van der Waals surface area contributed by atoms with E-state index >= 15 is 0 Å². The molecule has 1 aromatic heterocycles. The van der Waals surface area contributed by atoms with E-state index in [2.05, 4.69) is 27.2 Å². The smallest absolute Gasteiger partial charge is 0.115 e. The summed E-state index contributed by atoms with van der Waals surface area (Å²) < 4.78 is 0. The summed E-state index contributed by atoms with van der Waals surface area (Å²) in [5.41, 5.74) is 1.16. The third kappa shape index (κ3) is 3.25. The summed E-state index contributed by atoms with van der Waals surface area (Å²) in [4.78, 5) is 10.4. The van der Waals surface area contributed by atoms with Crippen LogP contribution in [0.5, 0.6) is 0 Å². The highest BCUT2D eigenvalue weighted by atomic mass is 15.1. The molecule has 1 atom stereocenters. The summed E-state index contributed by atoms with van der Waals surface area (Å²) in [7, 11) is 2.19. The lowest BCUT2D eigenvalue weighted by Crippen LogP contribution is -2.24. The minimum Gasteiger partial charge on any atom is -0.312 e. The van der Waals surface area contributed by atoms with E-state index in [1.54, 1.807) is 6.33 Å². The molecule has 0 radical (unpaired) electrons. The number of likely N-dealkylation sites (tertiary alicyclic amines) is 1. The Bertz CT molecular complexity index is 288. The molecule has 1 unspecified atom stereocenters. The van der Waals surface area contributed by atoms with E-state index < -0.39 is 0 Å². The van der Waals surface area contributed by atoms with E-state index in [4.69, 9.17) is 0 Å². The third-order valence-electron chi connectivity index (χ3n) is 2.87. The average molecular weight is 206 g/mol. The van der Waals surface area contributed by atoms with Gasteiger partial charge in [-0.25, -0.2) is 9.97 Å². The van der Waals surface area contributed by atoms with Gasteiger partial charge in [-0.3, -0.25) is 0 Å². The highest BCUT2D eigenvalue weighted by Gasteiger charge is 2.18. The fourth-order valence-electron chi connectivity index (χ4n) is 2.03. The predicted octanol–water partition coefficient (Wildman–Crippen LogP) is 0.518. The molecule has 2 heterocycles. The highest BCUT2D eigenvalue weighted by Crippen LogP contribution is 2.12. The Morgan fingerprint density at radius 1 is 1.47 bits per heavy atom. The molecule has 0 aromatic carbocycles. The van der Waals surface area contributed by atoms with E-state index in [1.807, 2.05) is 12.4 Å². The van der Waals surface area contributed by atoms with Crippen LogP contribution < -0.4 is 5.32 Å². The summed E-state index contributed by atoms with van der Waals surface area (Å²) in [6, 6.07) is 0. The van der Waals surface area contributed by atoms with Crippen LogP contribution in [0.2, 0.25) is 0 Å². The van der Waals surface area contributed by atoms with Crippen LogP contribution in [0, 0.1) is 5.92 Å². The molecule has 0 aliphatic carbocycles. The zero-order valence-electron chi connectivity index (χ0n) is 9.19. The van der Waals surface area contributed by atoms with E-state index in [1.165, 1.54) is 19.5 Å². The van der Waals surface area contributed by atoms with Crippen molar-refractivity contribution in [3.05, 3.63) is 24.3 Å². The van der Waals surface area contributed by atoms with Crippen molar-refractivity contribution in [2.24, 2.45) is 5.92 Å². The molecular formula is C11H18N4. The SMILES string of the molecule is CN1CCC(CNCc2cncnc2)C1. The number of nitrogens with one attached hydrogen (secondary N) is 1. The van der Waals surface area contributed by atoms with Gasteiger partial charge in [-0.15, -0.1) is 0 Å². The molecule has 1 saturated heterocycles. The summed E-state index contributed by atoms with van der Waals surface area (Å²) in [5.74, 6) is 0.805. The maximum Gasteiger partial charge on any atom is 0.115 e. The fourth-order valence-corrected chi connectivity index (χ4v) is 2.03. The van der Waals surface area contributed by atoms with Crippen LogP contribution in [0.3, 0.4) is 0 Å². The lowest BCUT2D eigenvalue weighted by molar-refractivity contribution is 0.388. The molecule has 0 spiro atoms. The van der Waals surface area contributed by atoms with Crippen LogP contribution in [0.15, 0.2) is 18.7 Å². The van der Waals surface area contributed by atoms with Crippen molar-refractivity contribution in [1.82, 2.24) is 20.2 Å². The van der Waals surface area contributed by atoms with Crippen LogP contribution in [0.25, 0.3) is 0 Å². The molecule has 15 heavy (non-hydrogen) atoms. The molecule has 1 aromatic rings. The van der Waals surface area contributed by atoms with Gasteiger partial charge >= 0.3 is 0 Å². The Morgan fingerprint density at radius 3 is 2.93 bits per heavy atom. The van der Waals surface area contributed by atoms with Gasteiger partial charge in [0.2, 0.25) is 0 Å². The van der Waals surface area contributed by atoms with Crippen molar-refractivity contribution in [3.8, 4) is 0 Å². The topological polar surface area (TPSA) is 41.0 Å². The predicted molar refractivity (Wildman–Crippen MR) is 59.3 cm³/mol. The molecule has 1 aliphatic heterocycles. The molecule has 0 bridgehead atoms. The molecule has 4 nitrogen and oxygen atoms in total. The van der Waals surface area contributed by atoms with Gasteiger partial charge in [-0.05, 0) is 32.5 Å². The standard InChI is InChI=1S/C11H18N4/c1-15-3-2-10(8-15)4-12-5-11-6-13-9-14-7-11/h6-7,9-10,12H,2-5,8H2,1H3. The zero-order chi connectivity index (χ0) is 10.5. The van der Waals surface area contributed by atoms with Crippen molar-refractivity contribution in [2.75, 3.05) is 26.7 Å². The number of hydrogen-bond donors (Lipinski definition) is 1. The molecule has 1 aliphatic rings. The molecular weight excluding hydrogens is 188 g/mol. The Hall–Kier alpha value is -1.00. The normalized spacial score (nSPS) is 22.1. The lowest BCUT2D eigenvalue weighted by atomic mass is 10.1. The number of aromatic nitrogens is 2. The maximum absolute atomic E-state index is 3.99. The minimum absolute atomic E-state index is 0.805. The molecule has 1 N–H and O–H groups in total. The van der Waals surface area contributed by atoms with Gasteiger partial charge in [0.1, 0.15) is 6.33 Å². The van der Waals surface area contributed by atoms with Gasteiger partial charge in [0, 0.05) is 31.0 Å². The van der Waals surface area contributed by atoms with E-state index in [9.17, 15) is 0 Å². The first-order valence-corrected chi connectivity index (χ1v) is 5.48. The highest BCUT2D eigenvalue weighted by molar-refractivity contribution is 5.01. The van der Waals surface area contributed by atoms with Crippen molar-refractivity contribution >= 4 is 0 Å².